The predicted molar refractivity (Wildman–Crippen MR) is 36.8 cm³/mol. The van der Waals surface area contributed by atoms with Crippen LogP contribution in [0.5, 0.6) is 0 Å². The van der Waals surface area contributed by atoms with Gasteiger partial charge in [-0.3, -0.25) is 0 Å². The monoisotopic (exact) mass is 184 g/mol. The second-order valence-corrected chi connectivity index (χ2v) is 2.29. The smallest absolute Gasteiger partial charge is 0.381 e. The van der Waals surface area contributed by atoms with E-state index in [9.17, 15) is 18.0 Å². The summed E-state index contributed by atoms with van der Waals surface area (Å²) in [6.45, 7) is 0.273. The molecule has 5 heteroatoms. The van der Waals surface area contributed by atoms with Crippen LogP contribution in [-0.2, 0) is 9.53 Å². The second kappa shape index (κ2) is 5.99. The molecule has 0 aliphatic heterocycles. The van der Waals surface area contributed by atoms with Gasteiger partial charge in [-0.1, -0.05) is 0 Å². The Labute approximate surface area is 68.7 Å². The second-order valence-electron chi connectivity index (χ2n) is 2.29. The Bertz CT molecular complexity index is 122. The molecule has 12 heavy (non-hydrogen) atoms. The molecule has 0 saturated carbocycles. The van der Waals surface area contributed by atoms with Gasteiger partial charge in [0.1, 0.15) is 6.29 Å². The lowest BCUT2D eigenvalue weighted by Gasteiger charge is -2.05. The van der Waals surface area contributed by atoms with Crippen LogP contribution in [0.3, 0.4) is 0 Å². The molecular weight excluding hydrogens is 173 g/mol. The third-order valence-electron chi connectivity index (χ3n) is 1.13. The normalized spacial score (nSPS) is 11.6. The molecule has 0 aliphatic rings. The maximum Gasteiger partial charge on any atom is 0.389 e. The number of ether oxygens (including phenoxy) is 1. The summed E-state index contributed by atoms with van der Waals surface area (Å²) >= 11 is 0. The minimum absolute atomic E-state index is 0.0393. The van der Waals surface area contributed by atoms with E-state index in [2.05, 4.69) is 0 Å². The summed E-state index contributed by atoms with van der Waals surface area (Å²) in [5, 5.41) is 0. The van der Waals surface area contributed by atoms with E-state index in [0.717, 1.165) is 0 Å². The number of halogens is 3. The van der Waals surface area contributed by atoms with Crippen LogP contribution in [0.1, 0.15) is 19.3 Å². The van der Waals surface area contributed by atoms with Gasteiger partial charge in [0.25, 0.3) is 0 Å². The van der Waals surface area contributed by atoms with E-state index in [1.807, 2.05) is 0 Å². The molecule has 0 aromatic heterocycles. The standard InChI is InChI=1S/C7H11F3O2/c8-7(9,10)3-1-5-12-6-2-4-11/h4H,1-3,5-6H2. The zero-order valence-corrected chi connectivity index (χ0v) is 6.56. The van der Waals surface area contributed by atoms with Gasteiger partial charge in [-0.15, -0.1) is 0 Å². The highest BCUT2D eigenvalue weighted by molar-refractivity contribution is 5.49. The highest BCUT2D eigenvalue weighted by Crippen LogP contribution is 2.20. The summed E-state index contributed by atoms with van der Waals surface area (Å²) in [5.41, 5.74) is 0. The van der Waals surface area contributed by atoms with Crippen LogP contribution in [-0.4, -0.2) is 25.7 Å². The first kappa shape index (κ1) is 11.4. The molecule has 0 fully saturated rings. The molecule has 0 aromatic carbocycles. The van der Waals surface area contributed by atoms with Crippen LogP contribution in [0.15, 0.2) is 0 Å². The highest BCUT2D eigenvalue weighted by atomic mass is 19.4. The molecule has 2 nitrogen and oxygen atoms in total. The summed E-state index contributed by atoms with van der Waals surface area (Å²) in [4.78, 5) is 9.74. The molecule has 0 amide bonds. The summed E-state index contributed by atoms with van der Waals surface area (Å²) in [7, 11) is 0. The topological polar surface area (TPSA) is 26.3 Å². The fraction of sp³-hybridized carbons (Fsp3) is 0.857. The molecule has 0 rings (SSSR count). The lowest BCUT2D eigenvalue weighted by molar-refractivity contribution is -0.138. The van der Waals surface area contributed by atoms with Gasteiger partial charge in [-0.05, 0) is 6.42 Å². The molecule has 0 heterocycles. The van der Waals surface area contributed by atoms with Crippen LogP contribution >= 0.6 is 0 Å². The third kappa shape index (κ3) is 9.42. The van der Waals surface area contributed by atoms with E-state index in [-0.39, 0.29) is 26.1 Å². The molecule has 0 unspecified atom stereocenters. The van der Waals surface area contributed by atoms with Gasteiger partial charge in [-0.2, -0.15) is 13.2 Å². The Morgan fingerprint density at radius 1 is 1.25 bits per heavy atom. The zero-order valence-electron chi connectivity index (χ0n) is 6.56. The lowest BCUT2D eigenvalue weighted by atomic mass is 10.3. The van der Waals surface area contributed by atoms with E-state index in [1.54, 1.807) is 0 Å². The van der Waals surface area contributed by atoms with Gasteiger partial charge >= 0.3 is 6.18 Å². The Hall–Kier alpha value is -0.580. The number of hydrogen-bond acceptors (Lipinski definition) is 2. The number of hydrogen-bond donors (Lipinski definition) is 0. The first-order chi connectivity index (χ1) is 5.56. The van der Waals surface area contributed by atoms with Crippen LogP contribution in [0.4, 0.5) is 13.2 Å². The largest absolute Gasteiger partial charge is 0.389 e. The highest BCUT2D eigenvalue weighted by Gasteiger charge is 2.25. The average Bonchev–Trinajstić information content (AvgIpc) is 1.94. The summed E-state index contributed by atoms with van der Waals surface area (Å²) in [6, 6.07) is 0. The van der Waals surface area contributed by atoms with Crippen molar-refractivity contribution in [3.8, 4) is 0 Å². The Morgan fingerprint density at radius 3 is 2.42 bits per heavy atom. The van der Waals surface area contributed by atoms with Crippen LogP contribution in [0, 0.1) is 0 Å². The molecular formula is C7H11F3O2. The number of alkyl halides is 3. The first-order valence-corrected chi connectivity index (χ1v) is 3.64. The fourth-order valence-corrected chi connectivity index (χ4v) is 0.608. The van der Waals surface area contributed by atoms with Gasteiger partial charge < -0.3 is 9.53 Å². The molecule has 0 saturated heterocycles. The minimum Gasteiger partial charge on any atom is -0.381 e. The van der Waals surface area contributed by atoms with Gasteiger partial charge in [0.15, 0.2) is 0 Å². The van der Waals surface area contributed by atoms with Crippen molar-refractivity contribution in [2.75, 3.05) is 13.2 Å². The van der Waals surface area contributed by atoms with E-state index in [0.29, 0.717) is 6.29 Å². The zero-order chi connectivity index (χ0) is 9.45. The fourth-order valence-electron chi connectivity index (χ4n) is 0.608. The molecule has 0 bridgehead atoms. The van der Waals surface area contributed by atoms with E-state index in [4.69, 9.17) is 4.74 Å². The number of carbonyl (C=O) groups is 1. The van der Waals surface area contributed by atoms with Crippen molar-refractivity contribution in [2.45, 2.75) is 25.4 Å². The maximum absolute atomic E-state index is 11.5. The van der Waals surface area contributed by atoms with Crippen molar-refractivity contribution in [3.05, 3.63) is 0 Å². The number of carbonyl (C=O) groups excluding carboxylic acids is 1. The van der Waals surface area contributed by atoms with Crippen molar-refractivity contribution in [1.29, 1.82) is 0 Å². The number of rotatable bonds is 6. The average molecular weight is 184 g/mol. The summed E-state index contributed by atoms with van der Waals surface area (Å²) in [5.74, 6) is 0. The van der Waals surface area contributed by atoms with Crippen molar-refractivity contribution < 1.29 is 22.7 Å². The van der Waals surface area contributed by atoms with Crippen molar-refractivity contribution in [3.63, 3.8) is 0 Å². The molecule has 72 valence electrons. The third-order valence-corrected chi connectivity index (χ3v) is 1.13. The summed E-state index contributed by atoms with van der Waals surface area (Å²) in [6.07, 6.45) is -4.06. The van der Waals surface area contributed by atoms with Gasteiger partial charge in [0.2, 0.25) is 0 Å². The van der Waals surface area contributed by atoms with Crippen LogP contribution < -0.4 is 0 Å². The Morgan fingerprint density at radius 2 is 1.92 bits per heavy atom. The molecule has 0 atom stereocenters. The van der Waals surface area contributed by atoms with E-state index >= 15 is 0 Å². The van der Waals surface area contributed by atoms with Crippen LogP contribution in [0.25, 0.3) is 0 Å². The van der Waals surface area contributed by atoms with Gasteiger partial charge in [-0.25, -0.2) is 0 Å². The molecule has 0 aliphatic carbocycles. The van der Waals surface area contributed by atoms with E-state index < -0.39 is 12.6 Å². The molecule has 0 spiro atoms. The summed E-state index contributed by atoms with van der Waals surface area (Å²) < 4.78 is 39.3. The molecule has 0 radical (unpaired) electrons. The number of aldehydes is 1. The van der Waals surface area contributed by atoms with E-state index in [1.165, 1.54) is 0 Å². The van der Waals surface area contributed by atoms with Gasteiger partial charge in [0.05, 0.1) is 6.61 Å². The maximum atomic E-state index is 11.5. The SMILES string of the molecule is O=CCCOCCCC(F)(F)F. The molecule has 0 N–H and O–H groups in total. The van der Waals surface area contributed by atoms with Crippen molar-refractivity contribution >= 4 is 6.29 Å². The van der Waals surface area contributed by atoms with Crippen molar-refractivity contribution in [2.24, 2.45) is 0 Å². The molecule has 0 aromatic rings. The Balaban J connectivity index is 3.06. The minimum atomic E-state index is -4.10. The quantitative estimate of drug-likeness (QED) is 0.465. The predicted octanol–water partition coefficient (Wildman–Crippen LogP) is 1.93. The lowest BCUT2D eigenvalue weighted by Crippen LogP contribution is -2.09. The van der Waals surface area contributed by atoms with Crippen molar-refractivity contribution in [1.82, 2.24) is 0 Å². The first-order valence-electron chi connectivity index (χ1n) is 3.64. The van der Waals surface area contributed by atoms with Crippen LogP contribution in [0.2, 0.25) is 0 Å². The Kier molecular flexibility index (Phi) is 5.70. The van der Waals surface area contributed by atoms with Gasteiger partial charge in [0, 0.05) is 19.4 Å².